The zero-order valence-electron chi connectivity index (χ0n) is 19.2. The number of hydrogen-bond donors (Lipinski definition) is 3. The lowest BCUT2D eigenvalue weighted by Crippen LogP contribution is -2.40. The Morgan fingerprint density at radius 2 is 1.61 bits per heavy atom. The first-order valence-electron chi connectivity index (χ1n) is 10.8. The molecule has 0 spiro atoms. The van der Waals surface area contributed by atoms with Gasteiger partial charge in [0.2, 0.25) is 6.10 Å². The predicted molar refractivity (Wildman–Crippen MR) is 131 cm³/mol. The highest BCUT2D eigenvalue weighted by atomic mass is 32.1. The number of carboxylic acids is 1. The number of aromatic hydroxyl groups is 1. The van der Waals surface area contributed by atoms with Crippen molar-refractivity contribution >= 4 is 28.3 Å². The van der Waals surface area contributed by atoms with Gasteiger partial charge in [-0.15, -0.1) is 0 Å². The zero-order chi connectivity index (χ0) is 27.3. The first-order valence-corrected chi connectivity index (χ1v) is 11.6. The van der Waals surface area contributed by atoms with Crippen molar-refractivity contribution in [2.75, 3.05) is 11.9 Å². The van der Waals surface area contributed by atoms with Gasteiger partial charge in [0, 0.05) is 18.0 Å². The SMILES string of the molecule is O=C(Nc1nc(-c2ccncc2)c(-c2ccc(O)cc2)s1)C1COc2ccccc2O1.O=C(O)C(F)(F)F. The van der Waals surface area contributed by atoms with E-state index in [1.165, 1.54) is 11.3 Å². The Morgan fingerprint density at radius 1 is 0.974 bits per heavy atom. The van der Waals surface area contributed by atoms with Crippen LogP contribution in [0.25, 0.3) is 21.7 Å². The summed E-state index contributed by atoms with van der Waals surface area (Å²) >= 11 is 1.35. The average Bonchev–Trinajstić information content (AvgIpc) is 3.33. The van der Waals surface area contributed by atoms with Gasteiger partial charge in [0.25, 0.3) is 5.91 Å². The monoisotopic (exact) mass is 545 g/mol. The normalized spacial score (nSPS) is 14.1. The summed E-state index contributed by atoms with van der Waals surface area (Å²) in [5.41, 5.74) is 2.48. The van der Waals surface area contributed by atoms with Crippen LogP contribution in [0.5, 0.6) is 17.2 Å². The number of carbonyl (C=O) groups excluding carboxylic acids is 1. The van der Waals surface area contributed by atoms with E-state index < -0.39 is 18.2 Å². The molecule has 0 fully saturated rings. The number of aliphatic carboxylic acids is 1. The molecule has 5 rings (SSSR count). The Hall–Kier alpha value is -4.65. The van der Waals surface area contributed by atoms with Crippen molar-refractivity contribution < 1.29 is 42.4 Å². The first-order chi connectivity index (χ1) is 18.1. The van der Waals surface area contributed by atoms with E-state index in [0.717, 1.165) is 21.7 Å². The van der Waals surface area contributed by atoms with Gasteiger partial charge in [0.15, 0.2) is 16.6 Å². The van der Waals surface area contributed by atoms with E-state index in [2.05, 4.69) is 15.3 Å². The van der Waals surface area contributed by atoms with Crippen LogP contribution in [0.1, 0.15) is 0 Å². The van der Waals surface area contributed by atoms with Crippen molar-refractivity contribution in [3.63, 3.8) is 0 Å². The molecule has 3 heterocycles. The Kier molecular flexibility index (Phi) is 7.76. The van der Waals surface area contributed by atoms with Crippen LogP contribution in [0.15, 0.2) is 73.1 Å². The number of carbonyl (C=O) groups is 2. The number of anilines is 1. The van der Waals surface area contributed by atoms with Gasteiger partial charge in [-0.1, -0.05) is 23.5 Å². The third kappa shape index (κ3) is 6.37. The number of benzene rings is 2. The number of ether oxygens (including phenoxy) is 2. The van der Waals surface area contributed by atoms with Crippen molar-refractivity contribution in [3.8, 4) is 38.9 Å². The number of halogens is 3. The van der Waals surface area contributed by atoms with Crippen LogP contribution in [0.2, 0.25) is 0 Å². The molecule has 2 aromatic carbocycles. The number of phenols is 1. The summed E-state index contributed by atoms with van der Waals surface area (Å²) in [7, 11) is 0. The summed E-state index contributed by atoms with van der Waals surface area (Å²) < 4.78 is 43.2. The Balaban J connectivity index is 0.000000426. The molecular weight excluding hydrogens is 527 g/mol. The fourth-order valence-electron chi connectivity index (χ4n) is 3.22. The average molecular weight is 545 g/mol. The number of fused-ring (bicyclic) bond motifs is 1. The van der Waals surface area contributed by atoms with E-state index in [1.54, 1.807) is 36.7 Å². The molecule has 196 valence electrons. The van der Waals surface area contributed by atoms with E-state index in [-0.39, 0.29) is 18.3 Å². The molecule has 1 aliphatic rings. The second-order valence-electron chi connectivity index (χ2n) is 7.64. The lowest BCUT2D eigenvalue weighted by atomic mass is 10.1. The maximum Gasteiger partial charge on any atom is 0.490 e. The van der Waals surface area contributed by atoms with Gasteiger partial charge < -0.3 is 19.7 Å². The van der Waals surface area contributed by atoms with Crippen molar-refractivity contribution in [2.45, 2.75) is 12.3 Å². The molecule has 2 aromatic heterocycles. The van der Waals surface area contributed by atoms with E-state index in [0.29, 0.717) is 16.6 Å². The highest BCUT2D eigenvalue weighted by Gasteiger charge is 2.38. The third-order valence-corrected chi connectivity index (χ3v) is 6.00. The van der Waals surface area contributed by atoms with Crippen LogP contribution >= 0.6 is 11.3 Å². The number of aromatic nitrogens is 2. The van der Waals surface area contributed by atoms with Gasteiger partial charge in [0.05, 0.1) is 10.6 Å². The molecule has 4 aromatic rings. The molecule has 1 amide bonds. The number of rotatable bonds is 4. The number of alkyl halides is 3. The summed E-state index contributed by atoms with van der Waals surface area (Å²) in [6, 6.07) is 17.8. The fourth-order valence-corrected chi connectivity index (χ4v) is 4.22. The van der Waals surface area contributed by atoms with Crippen molar-refractivity contribution in [3.05, 3.63) is 73.1 Å². The molecule has 0 radical (unpaired) electrons. The second-order valence-corrected chi connectivity index (χ2v) is 8.63. The number of carboxylic acid groups (broad SMARTS) is 1. The van der Waals surface area contributed by atoms with Crippen LogP contribution in [0.4, 0.5) is 18.3 Å². The number of thiazole rings is 1. The quantitative estimate of drug-likeness (QED) is 0.327. The van der Waals surface area contributed by atoms with Crippen LogP contribution < -0.4 is 14.8 Å². The first kappa shape index (κ1) is 26.4. The molecule has 3 N–H and O–H groups in total. The maximum atomic E-state index is 12.8. The molecule has 0 saturated carbocycles. The molecular formula is C25H18F3N3O6S. The van der Waals surface area contributed by atoms with E-state index in [4.69, 9.17) is 19.4 Å². The molecule has 0 aliphatic carbocycles. The highest BCUT2D eigenvalue weighted by molar-refractivity contribution is 7.19. The van der Waals surface area contributed by atoms with Gasteiger partial charge in [-0.05, 0) is 54.1 Å². The van der Waals surface area contributed by atoms with Crippen molar-refractivity contribution in [1.82, 2.24) is 9.97 Å². The highest BCUT2D eigenvalue weighted by Crippen LogP contribution is 2.39. The molecule has 1 aliphatic heterocycles. The Morgan fingerprint density at radius 3 is 2.24 bits per heavy atom. The lowest BCUT2D eigenvalue weighted by molar-refractivity contribution is -0.192. The fraction of sp³-hybridized carbons (Fsp3) is 0.120. The minimum atomic E-state index is -5.08. The molecule has 13 heteroatoms. The minimum Gasteiger partial charge on any atom is -0.508 e. The Bertz CT molecular complexity index is 1430. The standard InChI is InChI=1S/C23H17N3O4S.C2HF3O2/c27-16-7-5-15(6-8-16)21-20(14-9-11-24-12-10-14)25-23(31-21)26-22(28)19-13-29-17-3-1-2-4-18(17)30-19;3-2(4,5)1(6)7/h1-12,19,27H,13H2,(H,25,26,28);(H,6,7). The van der Waals surface area contributed by atoms with Crippen LogP contribution in [0.3, 0.4) is 0 Å². The molecule has 1 unspecified atom stereocenters. The molecule has 1 atom stereocenters. The summed E-state index contributed by atoms with van der Waals surface area (Å²) in [5, 5.41) is 20.0. The van der Waals surface area contributed by atoms with E-state index >= 15 is 0 Å². The van der Waals surface area contributed by atoms with Crippen LogP contribution in [-0.4, -0.2) is 50.9 Å². The molecule has 0 saturated heterocycles. The number of para-hydroxylation sites is 2. The number of nitrogens with one attached hydrogen (secondary N) is 1. The number of pyridine rings is 1. The molecule has 38 heavy (non-hydrogen) atoms. The lowest BCUT2D eigenvalue weighted by Gasteiger charge is -2.25. The van der Waals surface area contributed by atoms with Crippen LogP contribution in [-0.2, 0) is 9.59 Å². The minimum absolute atomic E-state index is 0.121. The number of nitrogens with zero attached hydrogens (tertiary/aromatic N) is 2. The van der Waals surface area contributed by atoms with Gasteiger partial charge in [-0.3, -0.25) is 15.1 Å². The Labute approximate surface area is 217 Å². The van der Waals surface area contributed by atoms with Gasteiger partial charge >= 0.3 is 12.1 Å². The second kappa shape index (κ2) is 11.2. The van der Waals surface area contributed by atoms with Gasteiger partial charge in [-0.25, -0.2) is 9.78 Å². The zero-order valence-corrected chi connectivity index (χ0v) is 20.0. The number of phenolic OH excluding ortho intramolecular Hbond substituents is 1. The van der Waals surface area contributed by atoms with Gasteiger partial charge in [-0.2, -0.15) is 13.2 Å². The van der Waals surface area contributed by atoms with Crippen molar-refractivity contribution in [1.29, 1.82) is 0 Å². The third-order valence-electron chi connectivity index (χ3n) is 4.98. The topological polar surface area (TPSA) is 131 Å². The summed E-state index contributed by atoms with van der Waals surface area (Å²) in [5.74, 6) is -1.75. The van der Waals surface area contributed by atoms with Gasteiger partial charge in [0.1, 0.15) is 12.4 Å². The smallest absolute Gasteiger partial charge is 0.490 e. The molecule has 0 bridgehead atoms. The summed E-state index contributed by atoms with van der Waals surface area (Å²) in [4.78, 5) is 31.3. The predicted octanol–water partition coefficient (Wildman–Crippen LogP) is 4.99. The summed E-state index contributed by atoms with van der Waals surface area (Å²) in [6.07, 6.45) is -2.48. The summed E-state index contributed by atoms with van der Waals surface area (Å²) in [6.45, 7) is 0.121. The number of hydrogen-bond acceptors (Lipinski definition) is 8. The molecule has 9 nitrogen and oxygen atoms in total. The van der Waals surface area contributed by atoms with Crippen molar-refractivity contribution in [2.24, 2.45) is 0 Å². The number of amides is 1. The maximum absolute atomic E-state index is 12.8. The van der Waals surface area contributed by atoms with E-state index in [1.807, 2.05) is 36.4 Å². The largest absolute Gasteiger partial charge is 0.508 e. The van der Waals surface area contributed by atoms with E-state index in [9.17, 15) is 23.1 Å². The van der Waals surface area contributed by atoms with Crippen LogP contribution in [0, 0.1) is 0 Å².